The number of aromatic hydroxyl groups is 1. The predicted molar refractivity (Wildman–Crippen MR) is 66.4 cm³/mol. The Kier molecular flexibility index (Phi) is 3.04. The van der Waals surface area contributed by atoms with Crippen LogP contribution in [-0.4, -0.2) is 41.4 Å². The molecule has 0 saturated carbocycles. The second-order valence-electron chi connectivity index (χ2n) is 4.30. The van der Waals surface area contributed by atoms with Crippen molar-refractivity contribution in [3.63, 3.8) is 0 Å². The number of rotatable bonds is 2. The maximum absolute atomic E-state index is 13.2. The standard InChI is InChI=1S/C12H13FN4O2/c13-8-1-2-10(18)9(7-8)11-15-12(16-19-11)17-5-3-14-4-6-17/h1-2,7,14,18H,3-6H2. The van der Waals surface area contributed by atoms with Crippen molar-refractivity contribution in [3.05, 3.63) is 24.0 Å². The topological polar surface area (TPSA) is 74.4 Å². The fraction of sp³-hybridized carbons (Fsp3) is 0.333. The molecule has 3 rings (SSSR count). The van der Waals surface area contributed by atoms with Gasteiger partial charge in [-0.2, -0.15) is 4.98 Å². The fourth-order valence-corrected chi connectivity index (χ4v) is 2.00. The van der Waals surface area contributed by atoms with Crippen LogP contribution >= 0.6 is 0 Å². The molecule has 1 aromatic carbocycles. The van der Waals surface area contributed by atoms with Gasteiger partial charge in [-0.3, -0.25) is 0 Å². The number of hydrogen-bond donors (Lipinski definition) is 2. The predicted octanol–water partition coefficient (Wildman–Crippen LogP) is 0.991. The quantitative estimate of drug-likeness (QED) is 0.842. The molecule has 2 heterocycles. The number of phenolic OH excluding ortho intramolecular Hbond substituents is 1. The van der Waals surface area contributed by atoms with Crippen molar-refractivity contribution in [2.24, 2.45) is 0 Å². The Balaban J connectivity index is 1.89. The highest BCUT2D eigenvalue weighted by Crippen LogP contribution is 2.29. The minimum absolute atomic E-state index is 0.0862. The molecule has 2 N–H and O–H groups in total. The van der Waals surface area contributed by atoms with Crippen molar-refractivity contribution in [3.8, 4) is 17.2 Å². The van der Waals surface area contributed by atoms with Gasteiger partial charge in [-0.05, 0) is 23.4 Å². The number of benzene rings is 1. The molecular formula is C12H13FN4O2. The molecule has 0 spiro atoms. The summed E-state index contributed by atoms with van der Waals surface area (Å²) in [6.45, 7) is 3.28. The number of phenols is 1. The first kappa shape index (κ1) is 11.9. The molecule has 2 aromatic rings. The SMILES string of the molecule is Oc1ccc(F)cc1-c1nc(N2CCNCC2)no1. The Bertz CT molecular complexity index is 581. The number of nitrogens with zero attached hydrogens (tertiary/aromatic N) is 3. The zero-order valence-electron chi connectivity index (χ0n) is 10.1. The minimum Gasteiger partial charge on any atom is -0.507 e. The molecule has 0 atom stereocenters. The van der Waals surface area contributed by atoms with E-state index in [1.54, 1.807) is 0 Å². The Labute approximate surface area is 108 Å². The van der Waals surface area contributed by atoms with E-state index < -0.39 is 5.82 Å². The van der Waals surface area contributed by atoms with Gasteiger partial charge in [0.25, 0.3) is 11.8 Å². The van der Waals surface area contributed by atoms with E-state index >= 15 is 0 Å². The third-order valence-electron chi connectivity index (χ3n) is 3.00. The van der Waals surface area contributed by atoms with Crippen molar-refractivity contribution >= 4 is 5.95 Å². The highest BCUT2D eigenvalue weighted by atomic mass is 19.1. The highest BCUT2D eigenvalue weighted by Gasteiger charge is 2.19. The lowest BCUT2D eigenvalue weighted by Gasteiger charge is -2.25. The van der Waals surface area contributed by atoms with E-state index in [1.165, 1.54) is 18.2 Å². The van der Waals surface area contributed by atoms with Crippen LogP contribution in [0.5, 0.6) is 5.75 Å². The van der Waals surface area contributed by atoms with Crippen molar-refractivity contribution in [1.82, 2.24) is 15.5 Å². The highest BCUT2D eigenvalue weighted by molar-refractivity contribution is 5.62. The van der Waals surface area contributed by atoms with Crippen molar-refractivity contribution < 1.29 is 14.0 Å². The molecule has 1 fully saturated rings. The van der Waals surface area contributed by atoms with Gasteiger partial charge < -0.3 is 19.8 Å². The third kappa shape index (κ3) is 2.37. The maximum Gasteiger partial charge on any atom is 0.266 e. The summed E-state index contributed by atoms with van der Waals surface area (Å²) in [7, 11) is 0. The van der Waals surface area contributed by atoms with E-state index in [9.17, 15) is 9.50 Å². The van der Waals surface area contributed by atoms with Crippen molar-refractivity contribution in [2.45, 2.75) is 0 Å². The van der Waals surface area contributed by atoms with Crippen LogP contribution in [-0.2, 0) is 0 Å². The van der Waals surface area contributed by atoms with Gasteiger partial charge in [0.2, 0.25) is 0 Å². The molecule has 100 valence electrons. The Morgan fingerprint density at radius 1 is 1.32 bits per heavy atom. The molecule has 0 amide bonds. The largest absolute Gasteiger partial charge is 0.507 e. The average Bonchev–Trinajstić information content (AvgIpc) is 2.92. The van der Waals surface area contributed by atoms with Crippen LogP contribution < -0.4 is 10.2 Å². The lowest BCUT2D eigenvalue weighted by atomic mass is 10.2. The lowest BCUT2D eigenvalue weighted by molar-refractivity contribution is 0.420. The molecule has 19 heavy (non-hydrogen) atoms. The minimum atomic E-state index is -0.463. The van der Waals surface area contributed by atoms with E-state index in [0.717, 1.165) is 26.2 Å². The van der Waals surface area contributed by atoms with Crippen LogP contribution in [0.15, 0.2) is 22.7 Å². The molecule has 0 radical (unpaired) electrons. The molecule has 1 aromatic heterocycles. The molecule has 1 saturated heterocycles. The summed E-state index contributed by atoms with van der Waals surface area (Å²) in [6.07, 6.45) is 0. The number of aromatic nitrogens is 2. The van der Waals surface area contributed by atoms with Gasteiger partial charge in [0.1, 0.15) is 11.6 Å². The smallest absolute Gasteiger partial charge is 0.266 e. The summed E-state index contributed by atoms with van der Waals surface area (Å²) in [5, 5.41) is 16.8. The molecule has 6 nitrogen and oxygen atoms in total. The van der Waals surface area contributed by atoms with E-state index in [0.29, 0.717) is 5.95 Å². The molecule has 7 heteroatoms. The van der Waals surface area contributed by atoms with Gasteiger partial charge in [0.15, 0.2) is 0 Å². The van der Waals surface area contributed by atoms with E-state index in [-0.39, 0.29) is 17.2 Å². The van der Waals surface area contributed by atoms with Gasteiger partial charge in [0, 0.05) is 26.2 Å². The molecule has 1 aliphatic heterocycles. The van der Waals surface area contributed by atoms with E-state index in [4.69, 9.17) is 4.52 Å². The second kappa shape index (κ2) is 4.85. The van der Waals surface area contributed by atoms with Crippen LogP contribution in [0.3, 0.4) is 0 Å². The monoisotopic (exact) mass is 264 g/mol. The number of piperazine rings is 1. The normalized spacial score (nSPS) is 15.7. The fourth-order valence-electron chi connectivity index (χ4n) is 2.00. The molecule has 0 unspecified atom stereocenters. The number of halogens is 1. The van der Waals surface area contributed by atoms with Gasteiger partial charge in [0.05, 0.1) is 5.56 Å². The average molecular weight is 264 g/mol. The van der Waals surface area contributed by atoms with E-state index in [2.05, 4.69) is 15.5 Å². The van der Waals surface area contributed by atoms with Crippen molar-refractivity contribution in [1.29, 1.82) is 0 Å². The molecular weight excluding hydrogens is 251 g/mol. The molecule has 0 aliphatic carbocycles. The number of hydrogen-bond acceptors (Lipinski definition) is 6. The first-order chi connectivity index (χ1) is 9.24. The summed E-state index contributed by atoms with van der Waals surface area (Å²) < 4.78 is 18.3. The summed E-state index contributed by atoms with van der Waals surface area (Å²) in [5.41, 5.74) is 0.203. The van der Waals surface area contributed by atoms with Crippen molar-refractivity contribution in [2.75, 3.05) is 31.1 Å². The van der Waals surface area contributed by atoms with Crippen LogP contribution in [0, 0.1) is 5.82 Å². The second-order valence-corrected chi connectivity index (χ2v) is 4.30. The first-order valence-corrected chi connectivity index (χ1v) is 6.02. The van der Waals surface area contributed by atoms with Gasteiger partial charge >= 0.3 is 0 Å². The summed E-state index contributed by atoms with van der Waals surface area (Å²) in [4.78, 5) is 6.17. The maximum atomic E-state index is 13.2. The molecule has 0 bridgehead atoms. The Morgan fingerprint density at radius 2 is 2.11 bits per heavy atom. The Morgan fingerprint density at radius 3 is 2.89 bits per heavy atom. The summed E-state index contributed by atoms with van der Waals surface area (Å²) in [5.74, 6) is 0.0253. The van der Waals surface area contributed by atoms with Crippen LogP contribution in [0.2, 0.25) is 0 Å². The van der Waals surface area contributed by atoms with Gasteiger partial charge in [-0.25, -0.2) is 4.39 Å². The first-order valence-electron chi connectivity index (χ1n) is 6.02. The van der Waals surface area contributed by atoms with Gasteiger partial charge in [-0.15, -0.1) is 0 Å². The number of nitrogens with one attached hydrogen (secondary N) is 1. The van der Waals surface area contributed by atoms with E-state index in [1.807, 2.05) is 4.90 Å². The van der Waals surface area contributed by atoms with Crippen LogP contribution in [0.4, 0.5) is 10.3 Å². The molecule has 1 aliphatic rings. The van der Waals surface area contributed by atoms with Crippen LogP contribution in [0.1, 0.15) is 0 Å². The lowest BCUT2D eigenvalue weighted by Crippen LogP contribution is -2.44. The third-order valence-corrected chi connectivity index (χ3v) is 3.00. The van der Waals surface area contributed by atoms with Crippen LogP contribution in [0.25, 0.3) is 11.5 Å². The summed E-state index contributed by atoms with van der Waals surface area (Å²) >= 11 is 0. The van der Waals surface area contributed by atoms with Gasteiger partial charge in [-0.1, -0.05) is 0 Å². The Hall–Kier alpha value is -2.15. The zero-order chi connectivity index (χ0) is 13.2. The zero-order valence-corrected chi connectivity index (χ0v) is 10.1. The summed E-state index contributed by atoms with van der Waals surface area (Å²) in [6, 6.07) is 3.61. The number of anilines is 1.